The van der Waals surface area contributed by atoms with Crippen molar-refractivity contribution in [2.75, 3.05) is 24.6 Å². The monoisotopic (exact) mass is 583 g/mol. The fourth-order valence-electron chi connectivity index (χ4n) is 6.29. The lowest BCUT2D eigenvalue weighted by atomic mass is 9.83. The van der Waals surface area contributed by atoms with Crippen LogP contribution in [0.1, 0.15) is 68.4 Å². The van der Waals surface area contributed by atoms with Crippen LogP contribution in [0, 0.1) is 11.3 Å². The molecule has 6 rings (SSSR count). The molecule has 1 N–H and O–H groups in total. The van der Waals surface area contributed by atoms with E-state index in [1.165, 1.54) is 43.4 Å². The summed E-state index contributed by atoms with van der Waals surface area (Å²) in [5, 5.41) is 2.54. The van der Waals surface area contributed by atoms with E-state index < -0.39 is 21.8 Å². The lowest BCUT2D eigenvalue weighted by Crippen LogP contribution is -2.67. The fourth-order valence-corrected chi connectivity index (χ4v) is 10.3. The fraction of sp³-hybridized carbons (Fsp3) is 0.533. The van der Waals surface area contributed by atoms with Gasteiger partial charge in [-0.05, 0) is 49.9 Å². The van der Waals surface area contributed by atoms with Crippen molar-refractivity contribution in [3.63, 3.8) is 0 Å². The molecule has 0 bridgehead atoms. The van der Waals surface area contributed by atoms with Crippen LogP contribution in [0.2, 0.25) is 0 Å². The lowest BCUT2D eigenvalue weighted by Gasteiger charge is -2.54. The first-order chi connectivity index (χ1) is 18.6. The van der Waals surface area contributed by atoms with E-state index in [0.717, 1.165) is 49.7 Å². The smallest absolute Gasteiger partial charge is 0.282 e. The van der Waals surface area contributed by atoms with Crippen molar-refractivity contribution in [1.82, 2.24) is 14.6 Å². The molecule has 1 aliphatic carbocycles. The Hall–Kier alpha value is -1.94. The van der Waals surface area contributed by atoms with Gasteiger partial charge in [-0.15, -0.1) is 11.3 Å². The van der Waals surface area contributed by atoms with E-state index in [2.05, 4.69) is 16.9 Å². The lowest BCUT2D eigenvalue weighted by molar-refractivity contribution is 0.0216. The quantitative estimate of drug-likeness (QED) is 0.404. The van der Waals surface area contributed by atoms with Crippen LogP contribution in [0.3, 0.4) is 0 Å². The van der Waals surface area contributed by atoms with Crippen LogP contribution in [0.5, 0.6) is 0 Å². The highest BCUT2D eigenvalue weighted by Gasteiger charge is 2.53. The van der Waals surface area contributed by atoms with E-state index in [9.17, 15) is 13.2 Å². The number of rotatable bonds is 6. The summed E-state index contributed by atoms with van der Waals surface area (Å²) in [5.74, 6) is 2.03. The van der Waals surface area contributed by atoms with Crippen molar-refractivity contribution in [2.45, 2.75) is 69.7 Å². The van der Waals surface area contributed by atoms with E-state index in [1.807, 2.05) is 49.9 Å². The minimum Gasteiger partial charge on any atom is -0.335 e. The number of nitrogens with one attached hydrogen (secondary N) is 1. The molecule has 2 aliphatic heterocycles. The molecule has 1 unspecified atom stereocenters. The minimum atomic E-state index is -1.36. The molecule has 39 heavy (non-hydrogen) atoms. The van der Waals surface area contributed by atoms with Gasteiger partial charge >= 0.3 is 0 Å². The average Bonchev–Trinajstić information content (AvgIpc) is 3.27. The molecule has 3 heterocycles. The third kappa shape index (κ3) is 5.52. The number of aromatic nitrogens is 1. The van der Waals surface area contributed by atoms with Gasteiger partial charge in [0.2, 0.25) is 0 Å². The van der Waals surface area contributed by atoms with Gasteiger partial charge in [0.25, 0.3) is 5.91 Å². The molecule has 3 fully saturated rings. The predicted octanol–water partition coefficient (Wildman–Crippen LogP) is 5.70. The van der Waals surface area contributed by atoms with Gasteiger partial charge in [-0.2, -0.15) is 0 Å². The zero-order valence-corrected chi connectivity index (χ0v) is 25.4. The summed E-state index contributed by atoms with van der Waals surface area (Å²) in [6.07, 6.45) is 7.13. The van der Waals surface area contributed by atoms with Crippen molar-refractivity contribution < 1.29 is 13.2 Å². The highest BCUT2D eigenvalue weighted by Crippen LogP contribution is 2.43. The third-order valence-electron chi connectivity index (χ3n) is 8.09. The summed E-state index contributed by atoms with van der Waals surface area (Å²) in [5.41, 5.74) is 1.87. The maximum atomic E-state index is 13.5. The van der Waals surface area contributed by atoms with Crippen molar-refractivity contribution in [1.29, 1.82) is 0 Å². The number of fused-ring (bicyclic) bond motifs is 1. The number of nitrogens with zero attached hydrogens (tertiary/aromatic N) is 2. The Morgan fingerprint density at radius 3 is 2.46 bits per heavy atom. The van der Waals surface area contributed by atoms with Gasteiger partial charge in [-0.3, -0.25) is 9.00 Å². The van der Waals surface area contributed by atoms with Gasteiger partial charge in [-0.25, -0.2) is 13.9 Å². The van der Waals surface area contributed by atoms with E-state index in [0.29, 0.717) is 24.0 Å². The first-order valence-electron chi connectivity index (χ1n) is 14.0. The predicted molar refractivity (Wildman–Crippen MR) is 161 cm³/mol. The number of likely N-dealkylation sites (tertiary alicyclic amines) is 1. The van der Waals surface area contributed by atoms with Gasteiger partial charge in [-0.1, -0.05) is 62.4 Å². The molecule has 3 aliphatic rings. The summed E-state index contributed by atoms with van der Waals surface area (Å²) >= 11 is 1.50. The second-order valence-corrected chi connectivity index (χ2v) is 16.3. The van der Waals surface area contributed by atoms with E-state index in [1.54, 1.807) is 0 Å². The second-order valence-electron chi connectivity index (χ2n) is 12.7. The Bertz CT molecular complexity index is 1450. The molecule has 0 radical (unpaired) electrons. The van der Waals surface area contributed by atoms with Crippen molar-refractivity contribution in [3.05, 3.63) is 47.1 Å². The van der Waals surface area contributed by atoms with Crippen LogP contribution in [0.4, 0.5) is 0 Å². The van der Waals surface area contributed by atoms with Gasteiger partial charge in [0, 0.05) is 51.9 Å². The van der Waals surface area contributed by atoms with Gasteiger partial charge in [0.1, 0.15) is 11.0 Å². The maximum Gasteiger partial charge on any atom is 0.282 e. The Morgan fingerprint density at radius 2 is 1.79 bits per heavy atom. The molecule has 1 atom stereocenters. The molecular weight excluding hydrogens is 547 g/mol. The van der Waals surface area contributed by atoms with E-state index >= 15 is 0 Å². The molecule has 1 saturated carbocycles. The zero-order chi connectivity index (χ0) is 27.4. The third-order valence-corrected chi connectivity index (χ3v) is 12.6. The minimum absolute atomic E-state index is 0.00384. The Morgan fingerprint density at radius 1 is 1.10 bits per heavy atom. The van der Waals surface area contributed by atoms with E-state index in [-0.39, 0.29) is 16.9 Å². The highest BCUT2D eigenvalue weighted by molar-refractivity contribution is 7.86. The molecule has 2 aromatic carbocycles. The number of carbonyl (C=O) groups is 1. The zero-order valence-electron chi connectivity index (χ0n) is 23.0. The first kappa shape index (κ1) is 27.2. The molecule has 1 aromatic heterocycles. The summed E-state index contributed by atoms with van der Waals surface area (Å²) in [7, 11) is -2.07. The largest absolute Gasteiger partial charge is 0.335 e. The summed E-state index contributed by atoms with van der Waals surface area (Å²) in [6, 6.07) is 12.2. The Balaban J connectivity index is 1.37. The summed E-state index contributed by atoms with van der Waals surface area (Å²) in [6.45, 7) is 7.42. The van der Waals surface area contributed by atoms with Crippen LogP contribution < -0.4 is 4.72 Å². The number of thiazole rings is 1. The summed E-state index contributed by atoms with van der Waals surface area (Å²) in [4.78, 5) is 22.2. The van der Waals surface area contributed by atoms with E-state index in [4.69, 9.17) is 4.98 Å². The molecule has 1 spiro atoms. The SMILES string of the molecule is CC(C)(C)NS(=O)c1ccc(-c2sc(C(=O)N3CC4(C3)CS(=O)C4)nc2CC2CCCCC2)c2ccccc12. The molecule has 6 nitrogen and oxygen atoms in total. The molecule has 9 heteroatoms. The van der Waals surface area contributed by atoms with Crippen LogP contribution in [0.25, 0.3) is 21.2 Å². The van der Waals surface area contributed by atoms with Crippen molar-refractivity contribution in [3.8, 4) is 10.4 Å². The molecule has 2 saturated heterocycles. The van der Waals surface area contributed by atoms with Crippen molar-refractivity contribution in [2.24, 2.45) is 11.3 Å². The van der Waals surface area contributed by atoms with Gasteiger partial charge < -0.3 is 4.90 Å². The second kappa shape index (κ2) is 10.5. The molecule has 1 amide bonds. The number of carbonyl (C=O) groups excluding carboxylic acids is 1. The number of hydrogen-bond donors (Lipinski definition) is 1. The van der Waals surface area contributed by atoms with Crippen LogP contribution in [-0.2, 0) is 28.2 Å². The summed E-state index contributed by atoms with van der Waals surface area (Å²) < 4.78 is 28.2. The van der Waals surface area contributed by atoms with Crippen LogP contribution in [-0.4, -0.2) is 54.3 Å². The maximum absolute atomic E-state index is 13.5. The molecule has 208 valence electrons. The molecule has 3 aromatic rings. The van der Waals surface area contributed by atoms with Gasteiger partial charge in [0.15, 0.2) is 5.01 Å². The average molecular weight is 584 g/mol. The van der Waals surface area contributed by atoms with Crippen LogP contribution in [0.15, 0.2) is 41.3 Å². The Kier molecular flexibility index (Phi) is 7.31. The molecular formula is C30H37N3O3S3. The highest BCUT2D eigenvalue weighted by atomic mass is 32.2. The standard InChI is InChI=1S/C30H37N3O3S3/c1-29(2,3)32-39(36)25-14-13-23(21-11-7-8-12-22(21)25)26-24(15-20-9-5-4-6-10-20)31-27(37-26)28(34)33-16-30(17-33)18-38(35)19-30/h7-8,11-14,20,32H,4-6,9-10,15-19H2,1-3H3. The topological polar surface area (TPSA) is 79.4 Å². The van der Waals surface area contributed by atoms with Crippen LogP contribution >= 0.6 is 11.3 Å². The number of amides is 1. The Labute approximate surface area is 240 Å². The first-order valence-corrected chi connectivity index (χ1v) is 17.4. The van der Waals surface area contributed by atoms with Gasteiger partial charge in [0.05, 0.1) is 15.5 Å². The number of benzene rings is 2. The normalized spacial score (nSPS) is 20.6. The number of hydrogen-bond acceptors (Lipinski definition) is 5. The van der Waals surface area contributed by atoms with Crippen molar-refractivity contribution >= 4 is 49.8 Å².